The van der Waals surface area contributed by atoms with Crippen LogP contribution in [0.15, 0.2) is 46.7 Å². The Hall–Kier alpha value is -2.87. The first-order valence-corrected chi connectivity index (χ1v) is 10.2. The van der Waals surface area contributed by atoms with Crippen molar-refractivity contribution in [1.29, 1.82) is 0 Å². The molecule has 0 aliphatic carbocycles. The molecule has 2 rings (SSSR count). The lowest BCUT2D eigenvalue weighted by Gasteiger charge is -2.15. The van der Waals surface area contributed by atoms with Gasteiger partial charge in [-0.3, -0.25) is 4.79 Å². The van der Waals surface area contributed by atoms with Crippen molar-refractivity contribution in [3.8, 4) is 5.75 Å². The fourth-order valence-corrected chi connectivity index (χ4v) is 3.32. The van der Waals surface area contributed by atoms with Gasteiger partial charge in [-0.05, 0) is 65.5 Å². The van der Waals surface area contributed by atoms with Crippen molar-refractivity contribution in [1.82, 2.24) is 5.32 Å². The quantitative estimate of drug-likeness (QED) is 0.437. The van der Waals surface area contributed by atoms with E-state index in [4.69, 9.17) is 14.4 Å². The number of ether oxygens (including phenoxy) is 1. The molecule has 0 fully saturated rings. The minimum Gasteiger partial charge on any atom is -0.489 e. The maximum absolute atomic E-state index is 12.2. The minimum atomic E-state index is -0.334. The van der Waals surface area contributed by atoms with Crippen molar-refractivity contribution < 1.29 is 19.2 Å². The average Bonchev–Trinajstić information content (AvgIpc) is 2.75. The number of hydrogen-bond acceptors (Lipinski definition) is 6. The van der Waals surface area contributed by atoms with E-state index < -0.39 is 0 Å². The lowest BCUT2D eigenvalue weighted by molar-refractivity contribution is -0.114. The highest BCUT2D eigenvalue weighted by atomic mass is 79.9. The van der Waals surface area contributed by atoms with E-state index in [-0.39, 0.29) is 18.2 Å². The Morgan fingerprint density at radius 1 is 1.10 bits per heavy atom. The maximum atomic E-state index is 12.2. The molecule has 160 valence electrons. The molecule has 1 N–H and O–H groups in total. The molecule has 1 amide bonds. The smallest absolute Gasteiger partial charge is 0.273 e. The number of rotatable bonds is 9. The molecule has 0 unspecified atom stereocenters. The van der Waals surface area contributed by atoms with Gasteiger partial charge in [0.25, 0.3) is 5.91 Å². The number of aryl methyl sites for hydroxylation is 2. The summed E-state index contributed by atoms with van der Waals surface area (Å²) in [6, 6.07) is 11.4. The van der Waals surface area contributed by atoms with Crippen LogP contribution in [0, 0.1) is 13.8 Å². The van der Waals surface area contributed by atoms with Crippen LogP contribution in [-0.2, 0) is 21.1 Å². The molecular formula is C22H26BrN3O4. The number of amides is 1. The van der Waals surface area contributed by atoms with Gasteiger partial charge in [0.15, 0.2) is 10.3 Å². The normalized spacial score (nSPS) is 11.8. The van der Waals surface area contributed by atoms with Crippen LogP contribution in [0.5, 0.6) is 5.75 Å². The zero-order chi connectivity index (χ0) is 22.1. The number of halogens is 1. The molecule has 0 spiro atoms. The number of oxime groups is 2. The second-order valence-electron chi connectivity index (χ2n) is 6.38. The maximum Gasteiger partial charge on any atom is 0.273 e. The lowest BCUT2D eigenvalue weighted by atomic mass is 10.0. The first kappa shape index (κ1) is 23.4. The van der Waals surface area contributed by atoms with E-state index in [1.807, 2.05) is 57.2 Å². The summed E-state index contributed by atoms with van der Waals surface area (Å²) in [6.45, 7) is 6.59. The van der Waals surface area contributed by atoms with Gasteiger partial charge in [0.1, 0.15) is 26.1 Å². The first-order valence-electron chi connectivity index (χ1n) is 9.44. The van der Waals surface area contributed by atoms with E-state index in [0.29, 0.717) is 16.8 Å². The highest BCUT2D eigenvalue weighted by Gasteiger charge is 2.18. The van der Waals surface area contributed by atoms with Gasteiger partial charge in [-0.25, -0.2) is 0 Å². The third-order valence-corrected chi connectivity index (χ3v) is 4.87. The Bertz CT molecular complexity index is 957. The van der Waals surface area contributed by atoms with Crippen LogP contribution >= 0.6 is 15.9 Å². The number of benzene rings is 2. The van der Waals surface area contributed by atoms with Crippen molar-refractivity contribution in [2.24, 2.45) is 10.3 Å². The molecule has 30 heavy (non-hydrogen) atoms. The molecule has 0 saturated carbocycles. The third kappa shape index (κ3) is 5.82. The summed E-state index contributed by atoms with van der Waals surface area (Å²) in [4.78, 5) is 22.2. The van der Waals surface area contributed by atoms with E-state index in [0.717, 1.165) is 28.0 Å². The van der Waals surface area contributed by atoms with Gasteiger partial charge in [0.2, 0.25) is 0 Å². The summed E-state index contributed by atoms with van der Waals surface area (Å²) in [5.41, 5.74) is 4.54. The fourth-order valence-electron chi connectivity index (χ4n) is 2.79. The zero-order valence-electron chi connectivity index (χ0n) is 17.8. The second kappa shape index (κ2) is 11.3. The molecule has 0 aliphatic heterocycles. The van der Waals surface area contributed by atoms with Crippen molar-refractivity contribution in [3.05, 3.63) is 64.2 Å². The molecule has 2 aromatic rings. The van der Waals surface area contributed by atoms with Crippen molar-refractivity contribution in [3.63, 3.8) is 0 Å². The zero-order valence-corrected chi connectivity index (χ0v) is 19.4. The molecule has 0 aliphatic rings. The van der Waals surface area contributed by atoms with E-state index >= 15 is 0 Å². The second-order valence-corrected chi connectivity index (χ2v) is 7.13. The van der Waals surface area contributed by atoms with Crippen LogP contribution in [0.4, 0.5) is 0 Å². The van der Waals surface area contributed by atoms with E-state index in [9.17, 15) is 4.79 Å². The Morgan fingerprint density at radius 3 is 2.50 bits per heavy atom. The summed E-state index contributed by atoms with van der Waals surface area (Å²) in [5.74, 6) is 0.409. The predicted octanol–water partition coefficient (Wildman–Crippen LogP) is 4.07. The first-order chi connectivity index (χ1) is 14.4. The summed E-state index contributed by atoms with van der Waals surface area (Å²) in [6.07, 6.45) is 0. The summed E-state index contributed by atoms with van der Waals surface area (Å²) in [7, 11) is 2.95. The van der Waals surface area contributed by atoms with Gasteiger partial charge in [0, 0.05) is 18.2 Å². The Kier molecular flexibility index (Phi) is 8.86. The minimum absolute atomic E-state index is 0.193. The van der Waals surface area contributed by atoms with Crippen LogP contribution in [0.2, 0.25) is 0 Å². The number of hydrogen-bond donors (Lipinski definition) is 1. The van der Waals surface area contributed by atoms with Gasteiger partial charge in [-0.15, -0.1) is 0 Å². The standard InChI is InChI=1S/C22H26BrN3O4/c1-6-30-26-21(23)18-11-15(3)19(12-14(18)2)29-13-16-9-7-8-10-17(16)20(25-28-5)22(27)24-4/h7-12H,6,13H2,1-5H3,(H,24,27). The molecule has 0 saturated heterocycles. The van der Waals surface area contributed by atoms with Gasteiger partial charge >= 0.3 is 0 Å². The molecule has 7 nitrogen and oxygen atoms in total. The van der Waals surface area contributed by atoms with Crippen LogP contribution in [0.3, 0.4) is 0 Å². The predicted molar refractivity (Wildman–Crippen MR) is 121 cm³/mol. The summed E-state index contributed by atoms with van der Waals surface area (Å²) in [5, 5.41) is 10.5. The molecule has 8 heteroatoms. The molecule has 0 radical (unpaired) electrons. The number of carbonyl (C=O) groups is 1. The number of nitrogens with one attached hydrogen (secondary N) is 1. The summed E-state index contributed by atoms with van der Waals surface area (Å²) >= 11 is 3.45. The summed E-state index contributed by atoms with van der Waals surface area (Å²) < 4.78 is 6.72. The van der Waals surface area contributed by atoms with Crippen molar-refractivity contribution >= 4 is 32.2 Å². The molecule has 0 atom stereocenters. The van der Waals surface area contributed by atoms with Gasteiger partial charge < -0.3 is 19.7 Å². The Balaban J connectivity index is 2.29. The highest BCUT2D eigenvalue weighted by molar-refractivity contribution is 9.18. The topological polar surface area (TPSA) is 81.5 Å². The largest absolute Gasteiger partial charge is 0.489 e. The van der Waals surface area contributed by atoms with Crippen LogP contribution in [0.1, 0.15) is 34.7 Å². The van der Waals surface area contributed by atoms with Crippen LogP contribution in [0.25, 0.3) is 0 Å². The number of carbonyl (C=O) groups excluding carboxylic acids is 1. The van der Waals surface area contributed by atoms with E-state index in [1.165, 1.54) is 7.11 Å². The monoisotopic (exact) mass is 475 g/mol. The van der Waals surface area contributed by atoms with Crippen LogP contribution < -0.4 is 10.1 Å². The Labute approximate surface area is 185 Å². The van der Waals surface area contributed by atoms with Gasteiger partial charge in [-0.2, -0.15) is 0 Å². The molecule has 2 aromatic carbocycles. The fraction of sp³-hybridized carbons (Fsp3) is 0.318. The third-order valence-electron chi connectivity index (χ3n) is 4.30. The highest BCUT2D eigenvalue weighted by Crippen LogP contribution is 2.26. The van der Waals surface area contributed by atoms with Gasteiger partial charge in [0.05, 0.1) is 0 Å². The number of likely N-dealkylation sites (N-methyl/N-ethyl adjacent to an activating group) is 1. The Morgan fingerprint density at radius 2 is 1.83 bits per heavy atom. The molecular weight excluding hydrogens is 450 g/mol. The van der Waals surface area contributed by atoms with Gasteiger partial charge in [-0.1, -0.05) is 34.6 Å². The molecule has 0 aromatic heterocycles. The lowest BCUT2D eigenvalue weighted by Crippen LogP contribution is -2.29. The average molecular weight is 476 g/mol. The SMILES string of the molecule is CCON=C(Br)c1cc(C)c(OCc2ccccc2C(=NOC)C(=O)NC)cc1C. The van der Waals surface area contributed by atoms with E-state index in [1.54, 1.807) is 7.05 Å². The van der Waals surface area contributed by atoms with Crippen LogP contribution in [-0.4, -0.2) is 37.0 Å². The van der Waals surface area contributed by atoms with E-state index in [2.05, 4.69) is 31.6 Å². The van der Waals surface area contributed by atoms with Crippen molar-refractivity contribution in [2.75, 3.05) is 20.8 Å². The number of nitrogens with zero attached hydrogens (tertiary/aromatic N) is 2. The molecule has 0 heterocycles. The molecule has 0 bridgehead atoms. The van der Waals surface area contributed by atoms with Crippen molar-refractivity contribution in [2.45, 2.75) is 27.4 Å².